The van der Waals surface area contributed by atoms with Crippen molar-refractivity contribution in [2.45, 2.75) is 13.3 Å². The smallest absolute Gasteiger partial charge is 0.0463 e. The monoisotopic (exact) mass is 1120 g/mol. The number of allylic oxidation sites excluding steroid dienone is 4. The molecule has 0 N–H and O–H groups in total. The zero-order chi connectivity index (χ0) is 59.2. The largest absolute Gasteiger partial charge is 0.345 e. The first kappa shape index (κ1) is 56.2. The third-order valence-corrected chi connectivity index (χ3v) is 15.6. The quantitative estimate of drug-likeness (QED) is 0.0663. The second kappa shape index (κ2) is 26.9. The highest BCUT2D eigenvalue weighted by Crippen LogP contribution is 2.43. The molecule has 6 nitrogen and oxygen atoms in total. The lowest BCUT2D eigenvalue weighted by Gasteiger charge is -2.30. The van der Waals surface area contributed by atoms with Gasteiger partial charge in [0.15, 0.2) is 0 Å². The van der Waals surface area contributed by atoms with E-state index in [2.05, 4.69) is 390 Å². The van der Waals surface area contributed by atoms with Gasteiger partial charge >= 0.3 is 0 Å². The van der Waals surface area contributed by atoms with Crippen molar-refractivity contribution in [2.24, 2.45) is 0 Å². The van der Waals surface area contributed by atoms with Crippen LogP contribution in [0.25, 0.3) is 0 Å². The van der Waals surface area contributed by atoms with E-state index in [0.717, 1.165) is 103 Å². The average Bonchev–Trinajstić information content (AvgIpc) is 3.75. The van der Waals surface area contributed by atoms with E-state index in [1.165, 1.54) is 11.1 Å². The number of rotatable bonds is 21. The fourth-order valence-electron chi connectivity index (χ4n) is 11.2. The minimum absolute atomic E-state index is 0.770. The Balaban J connectivity index is 0.856. The third-order valence-electron chi connectivity index (χ3n) is 15.6. The fraction of sp³-hybridized carbons (Fsp3) is 0.0370. The maximum Gasteiger partial charge on any atom is 0.0463 e. The summed E-state index contributed by atoms with van der Waals surface area (Å²) in [6.07, 6.45) is 8.79. The van der Waals surface area contributed by atoms with Gasteiger partial charge in [-0.1, -0.05) is 158 Å². The molecule has 0 bridgehead atoms. The van der Waals surface area contributed by atoms with Gasteiger partial charge in [-0.15, -0.1) is 0 Å². The molecule has 0 aliphatic carbocycles. The molecule has 87 heavy (non-hydrogen) atoms. The van der Waals surface area contributed by atoms with Crippen molar-refractivity contribution in [3.8, 4) is 0 Å². The summed E-state index contributed by atoms with van der Waals surface area (Å²) in [7, 11) is 2.11. The van der Waals surface area contributed by atoms with E-state index >= 15 is 0 Å². The van der Waals surface area contributed by atoms with Gasteiger partial charge in [0.25, 0.3) is 0 Å². The topological polar surface area (TPSA) is 19.4 Å². The van der Waals surface area contributed by atoms with Crippen LogP contribution in [0, 0.1) is 0 Å². The van der Waals surface area contributed by atoms with E-state index in [-0.39, 0.29) is 0 Å². The molecule has 0 spiro atoms. The van der Waals surface area contributed by atoms with Gasteiger partial charge in [-0.2, -0.15) is 0 Å². The molecule has 0 aliphatic heterocycles. The van der Waals surface area contributed by atoms with Crippen LogP contribution in [-0.2, 0) is 6.42 Å². The lowest BCUT2D eigenvalue weighted by atomic mass is 10.0. The fourth-order valence-corrected chi connectivity index (χ4v) is 11.2. The van der Waals surface area contributed by atoms with E-state index in [9.17, 15) is 0 Å². The Kier molecular flexibility index (Phi) is 17.4. The number of hydrogen-bond acceptors (Lipinski definition) is 6. The first-order chi connectivity index (χ1) is 43.0. The molecule has 0 fully saturated rings. The van der Waals surface area contributed by atoms with Crippen LogP contribution < -0.4 is 29.4 Å². The molecule has 0 atom stereocenters. The summed E-state index contributed by atoms with van der Waals surface area (Å²) in [6, 6.07) is 117. The molecular weight excluding hydrogens is 1060 g/mol. The summed E-state index contributed by atoms with van der Waals surface area (Å²) < 4.78 is 0. The van der Waals surface area contributed by atoms with E-state index in [4.69, 9.17) is 0 Å². The lowest BCUT2D eigenvalue weighted by Crippen LogP contribution is -2.15. The minimum atomic E-state index is 0.770. The number of anilines is 16. The van der Waals surface area contributed by atoms with Crippen LogP contribution in [0.4, 0.5) is 91.0 Å². The predicted molar refractivity (Wildman–Crippen MR) is 371 cm³/mol. The summed E-state index contributed by atoms with van der Waals surface area (Å²) in [5.41, 5.74) is 20.7. The molecule has 0 radical (unpaired) electrons. The molecule has 0 aliphatic rings. The van der Waals surface area contributed by atoms with Gasteiger partial charge in [-0.05, 0) is 225 Å². The molecule has 12 rings (SSSR count). The first-order valence-electron chi connectivity index (χ1n) is 29.6. The molecule has 0 saturated carbocycles. The van der Waals surface area contributed by atoms with Gasteiger partial charge < -0.3 is 29.4 Å². The van der Waals surface area contributed by atoms with Gasteiger partial charge in [-0.3, -0.25) is 0 Å². The molecule has 12 aromatic carbocycles. The van der Waals surface area contributed by atoms with Crippen LogP contribution in [-0.4, -0.2) is 7.05 Å². The van der Waals surface area contributed by atoms with Gasteiger partial charge in [0.1, 0.15) is 0 Å². The number of para-hydroxylation sites is 6. The Morgan fingerprint density at radius 1 is 0.276 bits per heavy atom. The molecule has 0 unspecified atom stereocenters. The Bertz CT molecular complexity index is 4080. The maximum atomic E-state index is 3.95. The predicted octanol–water partition coefficient (Wildman–Crippen LogP) is 22.7. The average molecular weight is 1130 g/mol. The summed E-state index contributed by atoms with van der Waals surface area (Å²) in [6.45, 7) is 6.02. The van der Waals surface area contributed by atoms with E-state index in [1.807, 2.05) is 12.2 Å². The zero-order valence-corrected chi connectivity index (χ0v) is 49.1. The number of hydrogen-bond donors (Lipinski definition) is 0. The second-order valence-electron chi connectivity index (χ2n) is 21.1. The lowest BCUT2D eigenvalue weighted by molar-refractivity contribution is 1.17. The Hall–Kier alpha value is -11.3. The van der Waals surface area contributed by atoms with Crippen molar-refractivity contribution in [1.29, 1.82) is 0 Å². The van der Waals surface area contributed by atoms with Crippen molar-refractivity contribution >= 4 is 91.0 Å². The number of nitrogens with zero attached hydrogens (tertiary/aromatic N) is 6. The maximum absolute atomic E-state index is 3.95. The van der Waals surface area contributed by atoms with E-state index in [0.29, 0.717) is 0 Å². The number of benzene rings is 12. The standard InChI is InChI=1S/C81H68N6/c1-4-6-25-65(5-2)83(68-28-15-8-16-29-68)75-50-52-79(53-51-75)87(81-60-56-78(57-61-81)85(71-34-21-11-22-35-71)72-36-23-12-24-37-72)74-44-40-64(41-45-74)62-63-38-42-73(43-39-63)86(76-48-46-67(47-49-76)82(3)66-26-13-7-14-27-66)80-58-54-77(55-59-80)84(69-30-17-9-18-31-69)70-32-19-10-20-33-70/h4-61H,1,62H2,2-3H3/b25-6-,65-5+. The summed E-state index contributed by atoms with van der Waals surface area (Å²) >= 11 is 0. The molecule has 422 valence electrons. The van der Waals surface area contributed by atoms with Crippen molar-refractivity contribution < 1.29 is 0 Å². The Morgan fingerprint density at radius 2 is 0.483 bits per heavy atom. The van der Waals surface area contributed by atoms with Crippen molar-refractivity contribution in [1.82, 2.24) is 0 Å². The molecular formula is C81H68N6. The SMILES string of the molecule is C=C/C=C\C(=C/C)N(c1ccccc1)c1ccc(N(c2ccc(Cc3ccc(N(c4ccc(N(C)c5ccccc5)cc4)c4ccc(N(c5ccccc5)c5ccccc5)cc4)cc3)cc2)c2ccc(N(c3ccccc3)c3ccccc3)cc2)cc1. The van der Waals surface area contributed by atoms with Crippen molar-refractivity contribution in [3.05, 3.63) is 375 Å². The van der Waals surface area contributed by atoms with Crippen molar-refractivity contribution in [3.63, 3.8) is 0 Å². The van der Waals surface area contributed by atoms with Crippen LogP contribution in [0.15, 0.2) is 364 Å². The molecule has 0 aromatic heterocycles. The van der Waals surface area contributed by atoms with Crippen LogP contribution in [0.5, 0.6) is 0 Å². The van der Waals surface area contributed by atoms with Gasteiger partial charge in [0.2, 0.25) is 0 Å². The molecule has 0 heterocycles. The normalized spacial score (nSPS) is 11.2. The van der Waals surface area contributed by atoms with Crippen LogP contribution in [0.2, 0.25) is 0 Å². The van der Waals surface area contributed by atoms with E-state index in [1.54, 1.807) is 0 Å². The highest BCUT2D eigenvalue weighted by Gasteiger charge is 2.20. The molecule has 0 amide bonds. The van der Waals surface area contributed by atoms with Crippen LogP contribution >= 0.6 is 0 Å². The third kappa shape index (κ3) is 12.9. The van der Waals surface area contributed by atoms with Crippen LogP contribution in [0.1, 0.15) is 18.1 Å². The highest BCUT2D eigenvalue weighted by atomic mass is 15.2. The molecule has 0 saturated heterocycles. The van der Waals surface area contributed by atoms with Crippen molar-refractivity contribution in [2.75, 3.05) is 36.4 Å². The van der Waals surface area contributed by atoms with Crippen LogP contribution in [0.3, 0.4) is 0 Å². The first-order valence-corrected chi connectivity index (χ1v) is 29.6. The Morgan fingerprint density at radius 3 is 0.759 bits per heavy atom. The second-order valence-corrected chi connectivity index (χ2v) is 21.1. The van der Waals surface area contributed by atoms with Gasteiger partial charge in [0.05, 0.1) is 0 Å². The van der Waals surface area contributed by atoms with Gasteiger partial charge in [-0.25, -0.2) is 0 Å². The molecule has 12 aromatic rings. The molecule has 6 heteroatoms. The summed E-state index contributed by atoms with van der Waals surface area (Å²) in [5.74, 6) is 0. The summed E-state index contributed by atoms with van der Waals surface area (Å²) in [4.78, 5) is 13.8. The Labute approximate surface area is 513 Å². The highest BCUT2D eigenvalue weighted by molar-refractivity contribution is 5.85. The van der Waals surface area contributed by atoms with E-state index < -0.39 is 0 Å². The minimum Gasteiger partial charge on any atom is -0.345 e. The summed E-state index contributed by atoms with van der Waals surface area (Å²) in [5, 5.41) is 0. The zero-order valence-electron chi connectivity index (χ0n) is 49.1. The van der Waals surface area contributed by atoms with Gasteiger partial charge in [0, 0.05) is 104 Å².